The van der Waals surface area contributed by atoms with Gasteiger partial charge in [-0.25, -0.2) is 0 Å². The van der Waals surface area contributed by atoms with Crippen molar-refractivity contribution in [2.24, 2.45) is 16.7 Å². The van der Waals surface area contributed by atoms with Crippen LogP contribution in [0.15, 0.2) is 11.3 Å². The van der Waals surface area contributed by atoms with Crippen LogP contribution in [0.1, 0.15) is 48.5 Å². The fourth-order valence-corrected chi connectivity index (χ4v) is 2.79. The molecule has 0 radical (unpaired) electrons. The van der Waals surface area contributed by atoms with E-state index in [1.54, 1.807) is 6.92 Å². The number of nitrogens with zero attached hydrogens (tertiary/aromatic N) is 1. The largest absolute Gasteiger partial charge is 0.370 e. The van der Waals surface area contributed by atoms with Crippen molar-refractivity contribution in [3.63, 3.8) is 0 Å². The Labute approximate surface area is 117 Å². The Bertz CT molecular complexity index is 433. The Morgan fingerprint density at radius 1 is 1.00 bits per heavy atom. The molecule has 3 heteroatoms. The van der Waals surface area contributed by atoms with Crippen LogP contribution in [0.3, 0.4) is 0 Å². The van der Waals surface area contributed by atoms with Crippen molar-refractivity contribution in [2.45, 2.75) is 48.5 Å². The van der Waals surface area contributed by atoms with Gasteiger partial charge in [0.15, 0.2) is 11.6 Å². The fourth-order valence-electron chi connectivity index (χ4n) is 2.79. The van der Waals surface area contributed by atoms with Gasteiger partial charge in [-0.1, -0.05) is 41.5 Å². The van der Waals surface area contributed by atoms with Gasteiger partial charge >= 0.3 is 0 Å². The lowest BCUT2D eigenvalue weighted by Gasteiger charge is -2.36. The summed E-state index contributed by atoms with van der Waals surface area (Å²) < 4.78 is 0. The van der Waals surface area contributed by atoms with E-state index in [9.17, 15) is 9.59 Å². The van der Waals surface area contributed by atoms with Crippen molar-refractivity contribution in [3.8, 4) is 0 Å². The summed E-state index contributed by atoms with van der Waals surface area (Å²) in [6.07, 6.45) is 0. The summed E-state index contributed by atoms with van der Waals surface area (Å²) in [4.78, 5) is 26.8. The van der Waals surface area contributed by atoms with Gasteiger partial charge in [-0.15, -0.1) is 0 Å². The van der Waals surface area contributed by atoms with Crippen LogP contribution in [0.4, 0.5) is 0 Å². The number of rotatable bonds is 0. The number of carbonyl (C=O) groups is 2. The zero-order valence-electron chi connectivity index (χ0n) is 13.5. The predicted molar refractivity (Wildman–Crippen MR) is 77.7 cm³/mol. The first-order valence-corrected chi connectivity index (χ1v) is 6.90. The Kier molecular flexibility index (Phi) is 4.00. The average molecular weight is 265 g/mol. The Hall–Kier alpha value is -1.12. The SMILES string of the molecule is CC1C(=O)CN(C)C(C(C)(C)C)=C(C(C)(C)C)C1=O. The Morgan fingerprint density at radius 2 is 1.47 bits per heavy atom. The lowest BCUT2D eigenvalue weighted by molar-refractivity contribution is -0.130. The first kappa shape index (κ1) is 15.9. The average Bonchev–Trinajstić information content (AvgIpc) is 2.26. The van der Waals surface area contributed by atoms with Crippen LogP contribution < -0.4 is 0 Å². The molecule has 3 nitrogen and oxygen atoms in total. The standard InChI is InChI=1S/C16H27NO2/c1-10-11(18)9-17(8)14(16(5,6)7)12(13(10)19)15(2,3)4/h10H,9H2,1-8H3. The van der Waals surface area contributed by atoms with Crippen LogP contribution in [0.25, 0.3) is 0 Å². The second-order valence-corrected chi connectivity index (χ2v) is 7.63. The number of hydrogen-bond acceptors (Lipinski definition) is 3. The van der Waals surface area contributed by atoms with Crippen LogP contribution in [0, 0.1) is 16.7 Å². The third-order valence-electron chi connectivity index (χ3n) is 3.59. The summed E-state index contributed by atoms with van der Waals surface area (Å²) in [5.41, 5.74) is 1.40. The minimum Gasteiger partial charge on any atom is -0.370 e. The van der Waals surface area contributed by atoms with Crippen molar-refractivity contribution in [3.05, 3.63) is 11.3 Å². The predicted octanol–water partition coefficient (Wildman–Crippen LogP) is 3.05. The second kappa shape index (κ2) is 4.77. The van der Waals surface area contributed by atoms with Gasteiger partial charge in [0.1, 0.15) is 0 Å². The smallest absolute Gasteiger partial charge is 0.171 e. The summed E-state index contributed by atoms with van der Waals surface area (Å²) in [5.74, 6) is -0.531. The molecular weight excluding hydrogens is 238 g/mol. The summed E-state index contributed by atoms with van der Waals surface area (Å²) >= 11 is 0. The molecule has 1 unspecified atom stereocenters. The van der Waals surface area contributed by atoms with Gasteiger partial charge in [0.25, 0.3) is 0 Å². The molecule has 0 bridgehead atoms. The molecule has 1 aliphatic rings. The molecule has 0 saturated carbocycles. The van der Waals surface area contributed by atoms with Gasteiger partial charge in [0, 0.05) is 23.7 Å². The quantitative estimate of drug-likeness (QED) is 0.632. The summed E-state index contributed by atoms with van der Waals surface area (Å²) in [5, 5.41) is 0. The molecule has 1 rings (SSSR count). The van der Waals surface area contributed by atoms with E-state index in [2.05, 4.69) is 20.8 Å². The highest BCUT2D eigenvalue weighted by molar-refractivity contribution is 6.12. The first-order chi connectivity index (χ1) is 8.37. The lowest BCUT2D eigenvalue weighted by Crippen LogP contribution is -2.33. The van der Waals surface area contributed by atoms with E-state index >= 15 is 0 Å². The van der Waals surface area contributed by atoms with Gasteiger partial charge in [-0.2, -0.15) is 0 Å². The molecule has 1 aliphatic heterocycles. The zero-order valence-corrected chi connectivity index (χ0v) is 13.5. The van der Waals surface area contributed by atoms with Gasteiger partial charge in [-0.3, -0.25) is 9.59 Å². The van der Waals surface area contributed by atoms with Crippen LogP contribution in [0.5, 0.6) is 0 Å². The van der Waals surface area contributed by atoms with E-state index in [-0.39, 0.29) is 22.4 Å². The van der Waals surface area contributed by atoms with Crippen LogP contribution in [0.2, 0.25) is 0 Å². The third-order valence-corrected chi connectivity index (χ3v) is 3.59. The monoisotopic (exact) mass is 265 g/mol. The fraction of sp³-hybridized carbons (Fsp3) is 0.750. The highest BCUT2D eigenvalue weighted by atomic mass is 16.2. The summed E-state index contributed by atoms with van der Waals surface area (Å²) in [7, 11) is 1.91. The molecule has 0 aliphatic carbocycles. The molecule has 0 spiro atoms. The maximum atomic E-state index is 12.7. The highest BCUT2D eigenvalue weighted by Gasteiger charge is 2.40. The van der Waals surface area contributed by atoms with E-state index < -0.39 is 5.92 Å². The number of hydrogen-bond donors (Lipinski definition) is 0. The van der Waals surface area contributed by atoms with E-state index in [1.807, 2.05) is 32.7 Å². The summed E-state index contributed by atoms with van der Waals surface area (Å²) in [6, 6.07) is 0. The van der Waals surface area contributed by atoms with Gasteiger partial charge in [0.2, 0.25) is 0 Å². The summed E-state index contributed by atoms with van der Waals surface area (Å²) in [6.45, 7) is 14.5. The van der Waals surface area contributed by atoms with E-state index in [1.165, 1.54) is 0 Å². The van der Waals surface area contributed by atoms with E-state index in [0.717, 1.165) is 11.3 Å². The minimum atomic E-state index is -0.531. The van der Waals surface area contributed by atoms with Crippen molar-refractivity contribution in [2.75, 3.05) is 13.6 Å². The maximum Gasteiger partial charge on any atom is 0.171 e. The molecule has 0 aromatic carbocycles. The normalized spacial score (nSPS) is 22.9. The van der Waals surface area contributed by atoms with Gasteiger partial charge in [-0.05, 0) is 12.3 Å². The lowest BCUT2D eigenvalue weighted by atomic mass is 9.74. The number of allylic oxidation sites excluding steroid dienone is 2. The number of carbonyl (C=O) groups excluding carboxylic acids is 2. The number of Topliss-reactive ketones (excluding diaryl/α,β-unsaturated/α-hetero) is 2. The first-order valence-electron chi connectivity index (χ1n) is 6.90. The maximum absolute atomic E-state index is 12.7. The van der Waals surface area contributed by atoms with Crippen molar-refractivity contribution in [1.29, 1.82) is 0 Å². The Morgan fingerprint density at radius 3 is 1.84 bits per heavy atom. The van der Waals surface area contributed by atoms with E-state index in [4.69, 9.17) is 0 Å². The van der Waals surface area contributed by atoms with Gasteiger partial charge in [0.05, 0.1) is 12.5 Å². The molecule has 0 aromatic rings. The van der Waals surface area contributed by atoms with Crippen molar-refractivity contribution >= 4 is 11.6 Å². The minimum absolute atomic E-state index is 0.00762. The molecule has 1 heterocycles. The van der Waals surface area contributed by atoms with E-state index in [0.29, 0.717) is 6.54 Å². The molecule has 0 amide bonds. The Balaban J connectivity index is 3.61. The number of likely N-dealkylation sites (N-methyl/N-ethyl adjacent to an activating group) is 1. The molecule has 0 N–H and O–H groups in total. The molecule has 0 aromatic heterocycles. The molecular formula is C16H27NO2. The second-order valence-electron chi connectivity index (χ2n) is 7.63. The molecule has 1 atom stereocenters. The highest BCUT2D eigenvalue weighted by Crippen LogP contribution is 2.41. The van der Waals surface area contributed by atoms with Crippen LogP contribution >= 0.6 is 0 Å². The molecule has 19 heavy (non-hydrogen) atoms. The van der Waals surface area contributed by atoms with Crippen LogP contribution in [-0.4, -0.2) is 30.1 Å². The van der Waals surface area contributed by atoms with Crippen molar-refractivity contribution < 1.29 is 9.59 Å². The number of ketones is 2. The zero-order chi connectivity index (χ0) is 15.2. The van der Waals surface area contributed by atoms with Crippen molar-refractivity contribution in [1.82, 2.24) is 4.90 Å². The van der Waals surface area contributed by atoms with Gasteiger partial charge < -0.3 is 4.90 Å². The molecule has 0 fully saturated rings. The molecule has 108 valence electrons. The van der Waals surface area contributed by atoms with Crippen LogP contribution in [-0.2, 0) is 9.59 Å². The molecule has 0 saturated heterocycles. The topological polar surface area (TPSA) is 37.4 Å². The third kappa shape index (κ3) is 3.07.